The maximum atomic E-state index is 11.7. The number of imide groups is 1. The summed E-state index contributed by atoms with van der Waals surface area (Å²) in [6, 6.07) is 3.64. The molecule has 8 nitrogen and oxygen atoms in total. The fraction of sp³-hybridized carbons (Fsp3) is 0.182. The molecule has 7 N–H and O–H groups in total. The number of urea groups is 1. The summed E-state index contributed by atoms with van der Waals surface area (Å²) >= 11 is 0. The summed E-state index contributed by atoms with van der Waals surface area (Å²) in [6.45, 7) is 1.75. The van der Waals surface area contributed by atoms with Crippen LogP contribution in [-0.4, -0.2) is 28.4 Å². The summed E-state index contributed by atoms with van der Waals surface area (Å²) in [5.74, 6) is -2.08. The average Bonchev–Trinajstić information content (AvgIpc) is 2.52. The summed E-state index contributed by atoms with van der Waals surface area (Å²) < 4.78 is 0. The van der Waals surface area contributed by atoms with Crippen LogP contribution in [0.15, 0.2) is 18.2 Å². The zero-order chi connectivity index (χ0) is 13.5. The molecule has 2 rings (SSSR count). The molecule has 1 aromatic rings. The van der Waals surface area contributed by atoms with Gasteiger partial charge < -0.3 is 21.6 Å². The maximum Gasteiger partial charge on any atom is 0.318 e. The molecule has 0 aliphatic carbocycles. The van der Waals surface area contributed by atoms with Crippen molar-refractivity contribution in [1.82, 2.24) is 5.32 Å². The van der Waals surface area contributed by atoms with Crippen LogP contribution in [-0.2, 0) is 15.2 Å². The fourth-order valence-corrected chi connectivity index (χ4v) is 1.83. The van der Waals surface area contributed by atoms with Crippen LogP contribution in [0.4, 0.5) is 10.5 Å². The Morgan fingerprint density at radius 2 is 2.05 bits per heavy atom. The Kier molecular flexibility index (Phi) is 3.59. The average molecular weight is 267 g/mol. The predicted octanol–water partition coefficient (Wildman–Crippen LogP) is -1.50. The molecule has 0 bridgehead atoms. The number of anilines is 1. The number of primary amides is 1. The van der Waals surface area contributed by atoms with Crippen molar-refractivity contribution in [2.75, 3.05) is 5.32 Å². The summed E-state index contributed by atoms with van der Waals surface area (Å²) in [5, 5.41) is 14.3. The number of amides is 4. The number of aliphatic hydroxyl groups is 1. The SMILES string of the molecule is Cc1ccc2c(c1)C(O)(C(=O)NC(N)=O)C(=O)N2.O. The summed E-state index contributed by atoms with van der Waals surface area (Å²) in [5.41, 5.74) is 3.56. The van der Waals surface area contributed by atoms with E-state index in [1.807, 2.05) is 0 Å². The number of hydrogen-bond donors (Lipinski definition) is 4. The van der Waals surface area contributed by atoms with Gasteiger partial charge in [-0.1, -0.05) is 17.7 Å². The van der Waals surface area contributed by atoms with Crippen molar-refractivity contribution in [2.24, 2.45) is 5.73 Å². The van der Waals surface area contributed by atoms with Crippen LogP contribution in [0.1, 0.15) is 11.1 Å². The van der Waals surface area contributed by atoms with Gasteiger partial charge in [-0.3, -0.25) is 14.9 Å². The van der Waals surface area contributed by atoms with Gasteiger partial charge in [-0.15, -0.1) is 0 Å². The van der Waals surface area contributed by atoms with Crippen molar-refractivity contribution in [1.29, 1.82) is 0 Å². The van der Waals surface area contributed by atoms with E-state index in [-0.39, 0.29) is 11.0 Å². The first-order valence-corrected chi connectivity index (χ1v) is 5.11. The molecule has 0 aromatic heterocycles. The fourth-order valence-electron chi connectivity index (χ4n) is 1.83. The number of aryl methyl sites for hydroxylation is 1. The standard InChI is InChI=1S/C11H11N3O4.H2O/c1-5-2-3-7-6(4-5)11(18,8(15)13-7)9(16)14-10(12)17;/h2-4,18H,1H3,(H,13,15)(H3,12,14,16,17);1H2. The summed E-state index contributed by atoms with van der Waals surface area (Å²) in [4.78, 5) is 34.1. The van der Waals surface area contributed by atoms with Crippen LogP contribution in [0.3, 0.4) is 0 Å². The van der Waals surface area contributed by atoms with Crippen molar-refractivity contribution < 1.29 is 25.0 Å². The van der Waals surface area contributed by atoms with Crippen molar-refractivity contribution in [3.8, 4) is 0 Å². The molecule has 1 unspecified atom stereocenters. The van der Waals surface area contributed by atoms with Gasteiger partial charge in [0.1, 0.15) is 0 Å². The molecule has 0 spiro atoms. The molecule has 1 aliphatic heterocycles. The van der Waals surface area contributed by atoms with Crippen LogP contribution in [0.2, 0.25) is 0 Å². The topological polar surface area (TPSA) is 153 Å². The van der Waals surface area contributed by atoms with Crippen molar-refractivity contribution in [3.05, 3.63) is 29.3 Å². The first-order valence-electron chi connectivity index (χ1n) is 5.11. The van der Waals surface area contributed by atoms with Crippen molar-refractivity contribution >= 4 is 23.5 Å². The third kappa shape index (κ3) is 2.14. The molecule has 8 heteroatoms. The van der Waals surface area contributed by atoms with Crippen molar-refractivity contribution in [2.45, 2.75) is 12.5 Å². The quantitative estimate of drug-likeness (QED) is 0.457. The maximum absolute atomic E-state index is 11.7. The van der Waals surface area contributed by atoms with Gasteiger partial charge in [0.2, 0.25) is 0 Å². The van der Waals surface area contributed by atoms with Gasteiger partial charge in [0.05, 0.1) is 0 Å². The number of fused-ring (bicyclic) bond motifs is 1. The molecule has 1 heterocycles. The van der Waals surface area contributed by atoms with Crippen LogP contribution in [0.25, 0.3) is 0 Å². The third-order valence-corrected chi connectivity index (χ3v) is 2.71. The predicted molar refractivity (Wildman–Crippen MR) is 65.0 cm³/mol. The second kappa shape index (κ2) is 4.67. The molecule has 0 saturated heterocycles. The lowest BCUT2D eigenvalue weighted by Crippen LogP contribution is -2.52. The van der Waals surface area contributed by atoms with E-state index >= 15 is 0 Å². The highest BCUT2D eigenvalue weighted by Gasteiger charge is 2.52. The molecule has 0 fully saturated rings. The molecule has 102 valence electrons. The van der Waals surface area contributed by atoms with E-state index in [2.05, 4.69) is 5.32 Å². The molecule has 4 amide bonds. The normalized spacial score (nSPS) is 20.0. The Balaban J connectivity index is 0.00000180. The summed E-state index contributed by atoms with van der Waals surface area (Å²) in [6.07, 6.45) is 0. The number of carbonyl (C=O) groups is 3. The first-order chi connectivity index (χ1) is 8.35. The van der Waals surface area contributed by atoms with E-state index < -0.39 is 23.4 Å². The highest BCUT2D eigenvalue weighted by molar-refractivity contribution is 6.21. The second-order valence-electron chi connectivity index (χ2n) is 4.03. The van der Waals surface area contributed by atoms with E-state index in [0.717, 1.165) is 5.56 Å². The van der Waals surface area contributed by atoms with Gasteiger partial charge in [-0.05, 0) is 13.0 Å². The minimum atomic E-state index is -2.43. The molecule has 19 heavy (non-hydrogen) atoms. The Morgan fingerprint density at radius 3 is 2.63 bits per heavy atom. The van der Waals surface area contributed by atoms with Gasteiger partial charge >= 0.3 is 6.03 Å². The smallest absolute Gasteiger partial charge is 0.318 e. The van der Waals surface area contributed by atoms with Gasteiger partial charge in [-0.2, -0.15) is 0 Å². The molecular formula is C11H13N3O5. The number of benzene rings is 1. The number of carbonyl (C=O) groups excluding carboxylic acids is 3. The summed E-state index contributed by atoms with van der Waals surface area (Å²) in [7, 11) is 0. The highest BCUT2D eigenvalue weighted by atomic mass is 16.3. The molecule has 1 aromatic carbocycles. The third-order valence-electron chi connectivity index (χ3n) is 2.71. The molecule has 0 saturated carbocycles. The van der Waals surface area contributed by atoms with E-state index in [1.54, 1.807) is 24.4 Å². The van der Waals surface area contributed by atoms with Gasteiger partial charge in [-0.25, -0.2) is 4.79 Å². The van der Waals surface area contributed by atoms with Crippen molar-refractivity contribution in [3.63, 3.8) is 0 Å². The number of nitrogens with one attached hydrogen (secondary N) is 2. The molecule has 1 atom stereocenters. The Bertz CT molecular complexity index is 571. The Morgan fingerprint density at radius 1 is 1.42 bits per heavy atom. The number of nitrogens with two attached hydrogens (primary N) is 1. The lowest BCUT2D eigenvalue weighted by atomic mass is 9.93. The van der Waals surface area contributed by atoms with Crippen LogP contribution in [0, 0.1) is 6.92 Å². The van der Waals surface area contributed by atoms with E-state index in [0.29, 0.717) is 5.69 Å². The Labute approximate surface area is 107 Å². The first kappa shape index (κ1) is 14.6. The minimum Gasteiger partial charge on any atom is -0.412 e. The molecule has 1 aliphatic rings. The zero-order valence-corrected chi connectivity index (χ0v) is 9.98. The lowest BCUT2D eigenvalue weighted by molar-refractivity contribution is -0.149. The van der Waals surface area contributed by atoms with Gasteiger partial charge in [0.15, 0.2) is 0 Å². The lowest BCUT2D eigenvalue weighted by Gasteiger charge is -2.18. The Hall–Kier alpha value is -2.45. The van der Waals surface area contributed by atoms with Crippen LogP contribution >= 0.6 is 0 Å². The van der Waals surface area contributed by atoms with Crippen LogP contribution < -0.4 is 16.4 Å². The monoisotopic (exact) mass is 267 g/mol. The second-order valence-corrected chi connectivity index (χ2v) is 4.03. The van der Waals surface area contributed by atoms with Crippen LogP contribution in [0.5, 0.6) is 0 Å². The molecular weight excluding hydrogens is 254 g/mol. The minimum absolute atomic E-state index is 0. The van der Waals surface area contributed by atoms with E-state index in [9.17, 15) is 19.5 Å². The van der Waals surface area contributed by atoms with E-state index in [1.165, 1.54) is 6.07 Å². The highest BCUT2D eigenvalue weighted by Crippen LogP contribution is 2.36. The van der Waals surface area contributed by atoms with Gasteiger partial charge in [0, 0.05) is 11.3 Å². The van der Waals surface area contributed by atoms with E-state index in [4.69, 9.17) is 5.73 Å². The van der Waals surface area contributed by atoms with Gasteiger partial charge in [0.25, 0.3) is 17.4 Å². The number of rotatable bonds is 1. The largest absolute Gasteiger partial charge is 0.412 e. The number of hydrogen-bond acceptors (Lipinski definition) is 4. The zero-order valence-electron chi connectivity index (χ0n) is 9.98. The molecule has 0 radical (unpaired) electrons.